The first-order valence-electron chi connectivity index (χ1n) is 7.02. The number of rotatable bonds is 4. The van der Waals surface area contributed by atoms with Crippen LogP contribution in [-0.4, -0.2) is 62.4 Å². The molecule has 2 atom stereocenters. The van der Waals surface area contributed by atoms with Crippen molar-refractivity contribution in [3.8, 4) is 0 Å². The molecular weight excluding hydrogens is 232 g/mol. The highest BCUT2D eigenvalue weighted by molar-refractivity contribution is 5.82. The Hall–Kier alpha value is -0.650. The molecule has 2 saturated heterocycles. The molecule has 0 saturated carbocycles. The van der Waals surface area contributed by atoms with E-state index in [1.165, 1.54) is 0 Å². The van der Waals surface area contributed by atoms with E-state index in [4.69, 9.17) is 9.47 Å². The molecule has 0 radical (unpaired) electrons. The predicted octanol–water partition coefficient (Wildman–Crippen LogP) is 0.392. The van der Waals surface area contributed by atoms with Crippen molar-refractivity contribution < 1.29 is 14.3 Å². The zero-order valence-corrected chi connectivity index (χ0v) is 11.2. The molecule has 2 aliphatic heterocycles. The number of carbonyl (C=O) groups excluding carboxylic acids is 1. The van der Waals surface area contributed by atoms with E-state index in [0.717, 1.165) is 45.5 Å². The molecule has 18 heavy (non-hydrogen) atoms. The summed E-state index contributed by atoms with van der Waals surface area (Å²) in [6.45, 7) is 6.44. The van der Waals surface area contributed by atoms with E-state index in [1.54, 1.807) is 0 Å². The second-order valence-corrected chi connectivity index (χ2v) is 5.00. The number of hydrogen-bond acceptors (Lipinski definition) is 4. The largest absolute Gasteiger partial charge is 0.378 e. The Morgan fingerprint density at radius 2 is 2.44 bits per heavy atom. The van der Waals surface area contributed by atoms with E-state index in [2.05, 4.69) is 12.2 Å². The number of piperidine rings is 1. The van der Waals surface area contributed by atoms with E-state index < -0.39 is 0 Å². The first-order chi connectivity index (χ1) is 8.81. The lowest BCUT2D eigenvalue weighted by atomic mass is 10.1. The average Bonchev–Trinajstić information content (AvgIpc) is 2.45. The van der Waals surface area contributed by atoms with Crippen LogP contribution >= 0.6 is 0 Å². The number of morpholine rings is 1. The highest BCUT2D eigenvalue weighted by atomic mass is 16.5. The first-order valence-corrected chi connectivity index (χ1v) is 7.02. The van der Waals surface area contributed by atoms with Crippen LogP contribution in [0.15, 0.2) is 0 Å². The van der Waals surface area contributed by atoms with E-state index in [9.17, 15) is 4.79 Å². The van der Waals surface area contributed by atoms with Crippen molar-refractivity contribution in [3.63, 3.8) is 0 Å². The molecule has 1 amide bonds. The van der Waals surface area contributed by atoms with Crippen molar-refractivity contribution in [3.05, 3.63) is 0 Å². The van der Waals surface area contributed by atoms with Gasteiger partial charge in [-0.05, 0) is 19.3 Å². The molecule has 2 aliphatic rings. The summed E-state index contributed by atoms with van der Waals surface area (Å²) < 4.78 is 11.1. The third kappa shape index (κ3) is 3.67. The molecule has 1 N–H and O–H groups in total. The second kappa shape index (κ2) is 7.07. The van der Waals surface area contributed by atoms with Crippen molar-refractivity contribution in [1.82, 2.24) is 10.2 Å². The topological polar surface area (TPSA) is 50.8 Å². The molecule has 2 heterocycles. The zero-order chi connectivity index (χ0) is 12.8. The molecule has 5 heteroatoms. The van der Waals surface area contributed by atoms with Crippen LogP contribution in [0.1, 0.15) is 26.2 Å². The van der Waals surface area contributed by atoms with Crippen molar-refractivity contribution in [1.29, 1.82) is 0 Å². The SMILES string of the molecule is CCCOC1CCCN(C(=O)C2COCCN2)C1. The van der Waals surface area contributed by atoms with Crippen LogP contribution in [0.4, 0.5) is 0 Å². The predicted molar refractivity (Wildman–Crippen MR) is 68.5 cm³/mol. The Labute approximate surface area is 109 Å². The number of amides is 1. The molecule has 2 fully saturated rings. The highest BCUT2D eigenvalue weighted by Crippen LogP contribution is 2.15. The van der Waals surface area contributed by atoms with Crippen LogP contribution in [0, 0.1) is 0 Å². The number of ether oxygens (including phenoxy) is 2. The maximum Gasteiger partial charge on any atom is 0.242 e. The molecule has 2 rings (SSSR count). The molecule has 0 spiro atoms. The van der Waals surface area contributed by atoms with Gasteiger partial charge in [0.25, 0.3) is 0 Å². The average molecular weight is 256 g/mol. The van der Waals surface area contributed by atoms with E-state index in [1.807, 2.05) is 4.90 Å². The fourth-order valence-corrected chi connectivity index (χ4v) is 2.50. The zero-order valence-electron chi connectivity index (χ0n) is 11.2. The lowest BCUT2D eigenvalue weighted by Gasteiger charge is -2.35. The Balaban J connectivity index is 1.81. The van der Waals surface area contributed by atoms with E-state index in [0.29, 0.717) is 13.2 Å². The summed E-state index contributed by atoms with van der Waals surface area (Å²) in [5.74, 6) is 0.166. The van der Waals surface area contributed by atoms with Gasteiger partial charge in [0, 0.05) is 26.2 Å². The minimum atomic E-state index is -0.163. The molecule has 104 valence electrons. The molecular formula is C13H24N2O3. The minimum Gasteiger partial charge on any atom is -0.378 e. The lowest BCUT2D eigenvalue weighted by Crippen LogP contribution is -2.55. The second-order valence-electron chi connectivity index (χ2n) is 5.00. The number of likely N-dealkylation sites (tertiary alicyclic amines) is 1. The Morgan fingerprint density at radius 1 is 1.56 bits per heavy atom. The molecule has 0 aromatic heterocycles. The smallest absolute Gasteiger partial charge is 0.242 e. The van der Waals surface area contributed by atoms with Crippen LogP contribution in [0.3, 0.4) is 0 Å². The van der Waals surface area contributed by atoms with Gasteiger partial charge in [0.15, 0.2) is 0 Å². The van der Waals surface area contributed by atoms with Gasteiger partial charge in [-0.25, -0.2) is 0 Å². The van der Waals surface area contributed by atoms with Crippen LogP contribution in [-0.2, 0) is 14.3 Å². The molecule has 5 nitrogen and oxygen atoms in total. The summed E-state index contributed by atoms with van der Waals surface area (Å²) >= 11 is 0. The maximum absolute atomic E-state index is 12.3. The Kier molecular flexibility index (Phi) is 5.41. The van der Waals surface area contributed by atoms with Crippen molar-refractivity contribution in [2.24, 2.45) is 0 Å². The number of carbonyl (C=O) groups is 1. The van der Waals surface area contributed by atoms with Gasteiger partial charge < -0.3 is 19.7 Å². The molecule has 0 aromatic carbocycles. The molecule has 2 unspecified atom stereocenters. The Bertz CT molecular complexity index is 267. The normalized spacial score (nSPS) is 29.3. The van der Waals surface area contributed by atoms with Crippen LogP contribution < -0.4 is 5.32 Å². The summed E-state index contributed by atoms with van der Waals surface area (Å²) in [4.78, 5) is 14.2. The van der Waals surface area contributed by atoms with Gasteiger partial charge in [-0.1, -0.05) is 6.92 Å². The van der Waals surface area contributed by atoms with Gasteiger partial charge in [-0.3, -0.25) is 4.79 Å². The standard InChI is InChI=1S/C13H24N2O3/c1-2-7-18-11-4-3-6-15(9-11)13(16)12-10-17-8-5-14-12/h11-12,14H,2-10H2,1H3. The molecule has 0 aromatic rings. The highest BCUT2D eigenvalue weighted by Gasteiger charge is 2.30. The van der Waals surface area contributed by atoms with Gasteiger partial charge in [0.1, 0.15) is 6.04 Å². The summed E-state index contributed by atoms with van der Waals surface area (Å²) in [5, 5.41) is 3.22. The number of hydrogen-bond donors (Lipinski definition) is 1. The monoisotopic (exact) mass is 256 g/mol. The fourth-order valence-electron chi connectivity index (χ4n) is 2.50. The van der Waals surface area contributed by atoms with Crippen LogP contribution in [0.2, 0.25) is 0 Å². The Morgan fingerprint density at radius 3 is 3.17 bits per heavy atom. The third-order valence-corrected chi connectivity index (χ3v) is 3.47. The number of nitrogens with one attached hydrogen (secondary N) is 1. The van der Waals surface area contributed by atoms with Gasteiger partial charge in [0.05, 0.1) is 19.3 Å². The third-order valence-electron chi connectivity index (χ3n) is 3.47. The van der Waals surface area contributed by atoms with Crippen molar-refractivity contribution in [2.75, 3.05) is 39.5 Å². The minimum absolute atomic E-state index is 0.163. The first kappa shape index (κ1) is 13.8. The quantitative estimate of drug-likeness (QED) is 0.790. The molecule has 0 aliphatic carbocycles. The fraction of sp³-hybridized carbons (Fsp3) is 0.923. The van der Waals surface area contributed by atoms with Gasteiger partial charge in [-0.2, -0.15) is 0 Å². The maximum atomic E-state index is 12.3. The summed E-state index contributed by atoms with van der Waals surface area (Å²) in [6, 6.07) is -0.163. The van der Waals surface area contributed by atoms with Crippen molar-refractivity contribution in [2.45, 2.75) is 38.3 Å². The van der Waals surface area contributed by atoms with Gasteiger partial charge >= 0.3 is 0 Å². The van der Waals surface area contributed by atoms with Crippen molar-refractivity contribution >= 4 is 5.91 Å². The number of nitrogens with zero attached hydrogens (tertiary/aromatic N) is 1. The summed E-state index contributed by atoms with van der Waals surface area (Å²) in [6.07, 6.45) is 3.35. The summed E-state index contributed by atoms with van der Waals surface area (Å²) in [5.41, 5.74) is 0. The molecule has 0 bridgehead atoms. The van der Waals surface area contributed by atoms with Crippen LogP contribution in [0.25, 0.3) is 0 Å². The van der Waals surface area contributed by atoms with E-state index in [-0.39, 0.29) is 18.1 Å². The lowest BCUT2D eigenvalue weighted by molar-refractivity contribution is -0.140. The van der Waals surface area contributed by atoms with Crippen LogP contribution in [0.5, 0.6) is 0 Å². The van der Waals surface area contributed by atoms with Gasteiger partial charge in [0.2, 0.25) is 5.91 Å². The van der Waals surface area contributed by atoms with Gasteiger partial charge in [-0.15, -0.1) is 0 Å². The van der Waals surface area contributed by atoms with E-state index >= 15 is 0 Å². The summed E-state index contributed by atoms with van der Waals surface area (Å²) in [7, 11) is 0.